The van der Waals surface area contributed by atoms with Crippen molar-refractivity contribution in [1.82, 2.24) is 10.3 Å². The average molecular weight is 213 g/mol. The van der Waals surface area contributed by atoms with Crippen molar-refractivity contribution >= 4 is 12.4 Å². The van der Waals surface area contributed by atoms with Crippen molar-refractivity contribution in [3.63, 3.8) is 0 Å². The summed E-state index contributed by atoms with van der Waals surface area (Å²) in [5, 5.41) is 3.44. The van der Waals surface area contributed by atoms with Crippen LogP contribution in [-0.4, -0.2) is 18.1 Å². The zero-order valence-corrected chi connectivity index (χ0v) is 9.09. The predicted molar refractivity (Wildman–Crippen MR) is 60.8 cm³/mol. The van der Waals surface area contributed by atoms with E-state index in [9.17, 15) is 0 Å². The zero-order chi connectivity index (χ0) is 8.93. The van der Waals surface area contributed by atoms with Crippen molar-refractivity contribution in [2.24, 2.45) is 5.92 Å². The molecule has 0 amide bonds. The smallest absolute Gasteiger partial charge is 0.0270 e. The lowest BCUT2D eigenvalue weighted by molar-refractivity contribution is 0.376. The Morgan fingerprint density at radius 3 is 2.79 bits per heavy atom. The van der Waals surface area contributed by atoms with Crippen LogP contribution in [0.1, 0.15) is 18.4 Å². The lowest BCUT2D eigenvalue weighted by atomic mass is 9.93. The summed E-state index contributed by atoms with van der Waals surface area (Å²) in [6, 6.07) is 4.24. The molecule has 0 saturated carbocycles. The van der Waals surface area contributed by atoms with Crippen LogP contribution in [0.25, 0.3) is 0 Å². The maximum atomic E-state index is 4.02. The fraction of sp³-hybridized carbons (Fsp3) is 0.545. The van der Waals surface area contributed by atoms with Gasteiger partial charge in [0.1, 0.15) is 0 Å². The van der Waals surface area contributed by atoms with Crippen LogP contribution in [0.3, 0.4) is 0 Å². The Morgan fingerprint density at radius 1 is 1.36 bits per heavy atom. The van der Waals surface area contributed by atoms with Gasteiger partial charge in [-0.3, -0.25) is 4.98 Å². The summed E-state index contributed by atoms with van der Waals surface area (Å²) in [5.74, 6) is 0.830. The molecule has 1 unspecified atom stereocenters. The van der Waals surface area contributed by atoms with Gasteiger partial charge in [0.25, 0.3) is 0 Å². The lowest BCUT2D eigenvalue weighted by Crippen LogP contribution is -2.30. The molecule has 2 heterocycles. The maximum Gasteiger partial charge on any atom is 0.0270 e. The maximum absolute atomic E-state index is 4.02. The largest absolute Gasteiger partial charge is 0.316 e. The van der Waals surface area contributed by atoms with E-state index in [1.54, 1.807) is 0 Å². The van der Waals surface area contributed by atoms with Gasteiger partial charge >= 0.3 is 0 Å². The summed E-state index contributed by atoms with van der Waals surface area (Å²) < 4.78 is 0. The molecule has 0 aliphatic carbocycles. The zero-order valence-electron chi connectivity index (χ0n) is 8.28. The highest BCUT2D eigenvalue weighted by Crippen LogP contribution is 2.15. The number of halogens is 1. The Balaban J connectivity index is 0.000000980. The second-order valence-electron chi connectivity index (χ2n) is 3.77. The molecule has 1 saturated heterocycles. The van der Waals surface area contributed by atoms with Crippen LogP contribution in [0, 0.1) is 5.92 Å². The number of pyridine rings is 1. The summed E-state index contributed by atoms with van der Waals surface area (Å²) in [6.07, 6.45) is 7.66. The molecule has 1 fully saturated rings. The molecule has 1 N–H and O–H groups in total. The summed E-state index contributed by atoms with van der Waals surface area (Å²) >= 11 is 0. The molecule has 14 heavy (non-hydrogen) atoms. The molecule has 0 spiro atoms. The van der Waals surface area contributed by atoms with Crippen LogP contribution in [0.15, 0.2) is 24.5 Å². The van der Waals surface area contributed by atoms with Crippen LogP contribution in [-0.2, 0) is 6.42 Å². The first kappa shape index (κ1) is 11.5. The number of hydrogen-bond acceptors (Lipinski definition) is 2. The van der Waals surface area contributed by atoms with Crippen LogP contribution in [0.2, 0.25) is 0 Å². The quantitative estimate of drug-likeness (QED) is 0.812. The average Bonchev–Trinajstić information content (AvgIpc) is 2.21. The molecule has 1 aliphatic rings. The number of rotatable bonds is 2. The third-order valence-electron chi connectivity index (χ3n) is 2.67. The Bertz CT molecular complexity index is 245. The van der Waals surface area contributed by atoms with Gasteiger partial charge in [0, 0.05) is 12.4 Å². The Labute approximate surface area is 91.5 Å². The van der Waals surface area contributed by atoms with Gasteiger partial charge in [-0.2, -0.15) is 0 Å². The first-order chi connectivity index (χ1) is 6.45. The number of aromatic nitrogens is 1. The molecule has 78 valence electrons. The second-order valence-corrected chi connectivity index (χ2v) is 3.77. The first-order valence-electron chi connectivity index (χ1n) is 5.05. The van der Waals surface area contributed by atoms with Gasteiger partial charge in [0.2, 0.25) is 0 Å². The van der Waals surface area contributed by atoms with E-state index in [1.165, 1.54) is 37.9 Å². The van der Waals surface area contributed by atoms with E-state index in [4.69, 9.17) is 0 Å². The third-order valence-corrected chi connectivity index (χ3v) is 2.67. The molecule has 1 aromatic heterocycles. The van der Waals surface area contributed by atoms with Gasteiger partial charge in [-0.15, -0.1) is 12.4 Å². The van der Waals surface area contributed by atoms with Gasteiger partial charge in [0.05, 0.1) is 0 Å². The van der Waals surface area contributed by atoms with Crippen molar-refractivity contribution in [3.8, 4) is 0 Å². The van der Waals surface area contributed by atoms with Crippen molar-refractivity contribution in [3.05, 3.63) is 30.1 Å². The van der Waals surface area contributed by atoms with E-state index >= 15 is 0 Å². The lowest BCUT2D eigenvalue weighted by Gasteiger charge is -2.22. The molecule has 2 nitrogen and oxygen atoms in total. The molecule has 0 bridgehead atoms. The van der Waals surface area contributed by atoms with Crippen LogP contribution >= 0.6 is 12.4 Å². The standard InChI is InChI=1S/C11H16N2.ClH/c1-2-11(9-13-5-1)8-10-3-6-12-7-4-10;/h3-4,6-7,11,13H,1-2,5,8-9H2;1H. The summed E-state index contributed by atoms with van der Waals surface area (Å²) in [5.41, 5.74) is 1.42. The minimum absolute atomic E-state index is 0. The van der Waals surface area contributed by atoms with Gasteiger partial charge in [-0.05, 0) is 56.0 Å². The highest BCUT2D eigenvalue weighted by molar-refractivity contribution is 5.85. The van der Waals surface area contributed by atoms with E-state index in [1.807, 2.05) is 12.4 Å². The van der Waals surface area contributed by atoms with E-state index in [-0.39, 0.29) is 12.4 Å². The molecule has 1 aliphatic heterocycles. The van der Waals surface area contributed by atoms with Crippen molar-refractivity contribution in [2.45, 2.75) is 19.3 Å². The SMILES string of the molecule is Cl.c1cc(CC2CCCNC2)ccn1. The van der Waals surface area contributed by atoms with Gasteiger partial charge < -0.3 is 5.32 Å². The molecule has 3 heteroatoms. The first-order valence-corrected chi connectivity index (χ1v) is 5.05. The van der Waals surface area contributed by atoms with E-state index in [0.29, 0.717) is 0 Å². The van der Waals surface area contributed by atoms with Crippen LogP contribution < -0.4 is 5.32 Å². The highest BCUT2D eigenvalue weighted by atomic mass is 35.5. The molecular formula is C11H17ClN2. The summed E-state index contributed by atoms with van der Waals surface area (Å²) in [7, 11) is 0. The van der Waals surface area contributed by atoms with Crippen molar-refractivity contribution in [1.29, 1.82) is 0 Å². The number of hydrogen-bond donors (Lipinski definition) is 1. The Kier molecular flexibility index (Phi) is 4.91. The predicted octanol–water partition coefficient (Wildman–Crippen LogP) is 2.05. The van der Waals surface area contributed by atoms with Crippen molar-refractivity contribution < 1.29 is 0 Å². The molecule has 2 rings (SSSR count). The summed E-state index contributed by atoms with van der Waals surface area (Å²) in [6.45, 7) is 2.38. The van der Waals surface area contributed by atoms with Crippen LogP contribution in [0.4, 0.5) is 0 Å². The number of piperidine rings is 1. The third kappa shape index (κ3) is 3.28. The highest BCUT2D eigenvalue weighted by Gasteiger charge is 2.12. The fourth-order valence-corrected chi connectivity index (χ4v) is 1.95. The molecule has 1 aromatic rings. The Morgan fingerprint density at radius 2 is 2.14 bits per heavy atom. The molecular weight excluding hydrogens is 196 g/mol. The summed E-state index contributed by atoms with van der Waals surface area (Å²) in [4.78, 5) is 4.02. The molecule has 0 radical (unpaired) electrons. The van der Waals surface area contributed by atoms with Crippen LogP contribution in [0.5, 0.6) is 0 Å². The minimum Gasteiger partial charge on any atom is -0.316 e. The van der Waals surface area contributed by atoms with Gasteiger partial charge in [-0.25, -0.2) is 0 Å². The number of nitrogens with one attached hydrogen (secondary N) is 1. The van der Waals surface area contributed by atoms with E-state index in [0.717, 1.165) is 5.92 Å². The fourth-order valence-electron chi connectivity index (χ4n) is 1.95. The second kappa shape index (κ2) is 5.99. The topological polar surface area (TPSA) is 24.9 Å². The number of nitrogens with zero attached hydrogens (tertiary/aromatic N) is 1. The normalized spacial score (nSPS) is 21.3. The van der Waals surface area contributed by atoms with Gasteiger partial charge in [0.15, 0.2) is 0 Å². The van der Waals surface area contributed by atoms with E-state index < -0.39 is 0 Å². The van der Waals surface area contributed by atoms with Crippen molar-refractivity contribution in [2.75, 3.05) is 13.1 Å². The monoisotopic (exact) mass is 212 g/mol. The van der Waals surface area contributed by atoms with E-state index in [2.05, 4.69) is 22.4 Å². The van der Waals surface area contributed by atoms with Gasteiger partial charge in [-0.1, -0.05) is 0 Å². The minimum atomic E-state index is 0. The molecule has 1 atom stereocenters. The Hall–Kier alpha value is -0.600. The molecule has 0 aromatic carbocycles.